The number of aromatic nitrogens is 1. The monoisotopic (exact) mass is 348 g/mol. The van der Waals surface area contributed by atoms with Crippen molar-refractivity contribution in [1.82, 2.24) is 10.3 Å². The van der Waals surface area contributed by atoms with Gasteiger partial charge in [0.2, 0.25) is 5.91 Å². The molecule has 6 nitrogen and oxygen atoms in total. The van der Waals surface area contributed by atoms with Gasteiger partial charge in [0.05, 0.1) is 15.2 Å². The molecule has 1 aromatic heterocycles. The third-order valence-electron chi connectivity index (χ3n) is 3.51. The van der Waals surface area contributed by atoms with E-state index in [9.17, 15) is 9.59 Å². The van der Waals surface area contributed by atoms with Crippen molar-refractivity contribution < 1.29 is 9.59 Å². The molecule has 24 heavy (non-hydrogen) atoms. The summed E-state index contributed by atoms with van der Waals surface area (Å²) in [5.74, 6) is 0.358. The Bertz CT molecular complexity index is 739. The number of hydrogen-bond donors (Lipinski definition) is 3. The Morgan fingerprint density at radius 2 is 1.96 bits per heavy atom. The van der Waals surface area contributed by atoms with Crippen LogP contribution in [-0.2, 0) is 4.79 Å². The van der Waals surface area contributed by atoms with E-state index in [1.165, 1.54) is 0 Å². The fraction of sp³-hybridized carbons (Fsp3) is 0.471. The van der Waals surface area contributed by atoms with Gasteiger partial charge in [-0.2, -0.15) is 0 Å². The van der Waals surface area contributed by atoms with Gasteiger partial charge in [-0.25, -0.2) is 9.78 Å². The van der Waals surface area contributed by atoms with Crippen LogP contribution in [0.5, 0.6) is 0 Å². The van der Waals surface area contributed by atoms with E-state index in [4.69, 9.17) is 5.73 Å². The predicted molar refractivity (Wildman–Crippen MR) is 98.3 cm³/mol. The normalized spacial score (nSPS) is 12.6. The Balaban J connectivity index is 2.16. The second kappa shape index (κ2) is 7.61. The molecule has 7 heteroatoms. The number of nitrogens with two attached hydrogens (primary N) is 1. The van der Waals surface area contributed by atoms with Gasteiger partial charge >= 0.3 is 6.03 Å². The van der Waals surface area contributed by atoms with E-state index in [0.29, 0.717) is 18.0 Å². The van der Waals surface area contributed by atoms with Crippen molar-refractivity contribution in [3.8, 4) is 0 Å². The summed E-state index contributed by atoms with van der Waals surface area (Å²) in [6, 6.07) is 4.28. The maximum atomic E-state index is 12.4. The van der Waals surface area contributed by atoms with Crippen LogP contribution in [0, 0.1) is 5.92 Å². The van der Waals surface area contributed by atoms with Crippen LogP contribution in [0.2, 0.25) is 0 Å². The number of hydrogen-bond acceptors (Lipinski definition) is 4. The highest BCUT2D eigenvalue weighted by Gasteiger charge is 2.21. The van der Waals surface area contributed by atoms with E-state index >= 15 is 0 Å². The zero-order chi connectivity index (χ0) is 17.9. The highest BCUT2D eigenvalue weighted by Crippen LogP contribution is 2.29. The first-order valence-corrected chi connectivity index (χ1v) is 8.85. The molecule has 1 atom stereocenters. The molecular formula is C17H24N4O2S. The first-order chi connectivity index (χ1) is 11.3. The topological polar surface area (TPSA) is 97.1 Å². The Labute approximate surface area is 145 Å². The first-order valence-electron chi connectivity index (χ1n) is 8.03. The average Bonchev–Trinajstić information content (AvgIpc) is 2.89. The number of nitrogens with one attached hydrogen (secondary N) is 2. The van der Waals surface area contributed by atoms with Crippen LogP contribution in [0.1, 0.15) is 45.0 Å². The highest BCUT2D eigenvalue weighted by molar-refractivity contribution is 7.18. The third-order valence-corrected chi connectivity index (χ3v) is 4.83. The lowest BCUT2D eigenvalue weighted by Gasteiger charge is -2.19. The summed E-state index contributed by atoms with van der Waals surface area (Å²) >= 11 is 1.62. The summed E-state index contributed by atoms with van der Waals surface area (Å²) in [6.45, 7) is 8.18. The van der Waals surface area contributed by atoms with Crippen LogP contribution in [0.3, 0.4) is 0 Å². The van der Waals surface area contributed by atoms with E-state index in [-0.39, 0.29) is 11.8 Å². The van der Waals surface area contributed by atoms with Crippen LogP contribution in [-0.4, -0.2) is 23.0 Å². The fourth-order valence-electron chi connectivity index (χ4n) is 2.37. The lowest BCUT2D eigenvalue weighted by atomic mass is 10.0. The van der Waals surface area contributed by atoms with Crippen molar-refractivity contribution >= 4 is 39.2 Å². The molecule has 3 amide bonds. The number of benzene rings is 1. The summed E-state index contributed by atoms with van der Waals surface area (Å²) in [7, 11) is 0. The maximum Gasteiger partial charge on any atom is 0.312 e. The van der Waals surface area contributed by atoms with Crippen LogP contribution < -0.4 is 16.4 Å². The zero-order valence-corrected chi connectivity index (χ0v) is 15.2. The standard InChI is InChI=1S/C17H24N4O2S/c1-9(2)7-13(21-17(18)23)15(22)19-11-5-6-12-14(8-11)24-16(20-12)10(3)4/h5-6,8-10,13H,7H2,1-4H3,(H,19,22)(H3,18,21,23). The van der Waals surface area contributed by atoms with Crippen molar-refractivity contribution in [1.29, 1.82) is 0 Å². The van der Waals surface area contributed by atoms with Gasteiger partial charge in [-0.05, 0) is 30.5 Å². The SMILES string of the molecule is CC(C)CC(NC(N)=O)C(=O)Nc1ccc2nc(C(C)C)sc2c1. The van der Waals surface area contributed by atoms with E-state index in [1.807, 2.05) is 32.0 Å². The summed E-state index contributed by atoms with van der Waals surface area (Å²) in [5.41, 5.74) is 6.78. The third kappa shape index (κ3) is 4.67. The van der Waals surface area contributed by atoms with E-state index in [2.05, 4.69) is 29.5 Å². The van der Waals surface area contributed by atoms with E-state index in [0.717, 1.165) is 15.2 Å². The van der Waals surface area contributed by atoms with Crippen molar-refractivity contribution in [2.45, 2.75) is 46.1 Å². The Kier molecular flexibility index (Phi) is 5.77. The molecule has 0 spiro atoms. The Morgan fingerprint density at radius 3 is 2.54 bits per heavy atom. The number of anilines is 1. The number of primary amides is 1. The molecule has 1 heterocycles. The molecule has 4 N–H and O–H groups in total. The van der Waals surface area contributed by atoms with Gasteiger partial charge in [0.1, 0.15) is 6.04 Å². The lowest BCUT2D eigenvalue weighted by Crippen LogP contribution is -2.46. The van der Waals surface area contributed by atoms with Crippen LogP contribution in [0.15, 0.2) is 18.2 Å². The van der Waals surface area contributed by atoms with Gasteiger partial charge in [-0.1, -0.05) is 27.7 Å². The molecule has 1 aromatic carbocycles. The molecule has 0 radical (unpaired) electrons. The molecule has 0 aliphatic carbocycles. The van der Waals surface area contributed by atoms with Crippen LogP contribution in [0.25, 0.3) is 10.2 Å². The van der Waals surface area contributed by atoms with Gasteiger partial charge < -0.3 is 16.4 Å². The molecule has 2 rings (SSSR count). The summed E-state index contributed by atoms with van der Waals surface area (Å²) in [4.78, 5) is 28.1. The number of carbonyl (C=O) groups is 2. The van der Waals surface area contributed by atoms with Gasteiger partial charge in [0.15, 0.2) is 0 Å². The maximum absolute atomic E-state index is 12.4. The smallest absolute Gasteiger partial charge is 0.312 e. The number of carbonyl (C=O) groups excluding carboxylic acids is 2. The number of urea groups is 1. The van der Waals surface area contributed by atoms with Crippen molar-refractivity contribution in [3.63, 3.8) is 0 Å². The number of fused-ring (bicyclic) bond motifs is 1. The first kappa shape index (κ1) is 18.2. The molecular weight excluding hydrogens is 324 g/mol. The molecule has 0 aliphatic heterocycles. The minimum absolute atomic E-state index is 0.255. The van der Waals surface area contributed by atoms with E-state index < -0.39 is 12.1 Å². The summed E-state index contributed by atoms with van der Waals surface area (Å²) in [6.07, 6.45) is 0.523. The van der Waals surface area contributed by atoms with Gasteiger partial charge in [0, 0.05) is 11.6 Å². The highest BCUT2D eigenvalue weighted by atomic mass is 32.1. The minimum Gasteiger partial charge on any atom is -0.352 e. The Hall–Kier alpha value is -2.15. The largest absolute Gasteiger partial charge is 0.352 e. The molecule has 0 saturated heterocycles. The summed E-state index contributed by atoms with van der Waals surface area (Å²) in [5, 5.41) is 6.43. The number of amides is 3. The van der Waals surface area contributed by atoms with E-state index in [1.54, 1.807) is 11.3 Å². The molecule has 1 unspecified atom stereocenters. The average molecular weight is 348 g/mol. The predicted octanol–water partition coefficient (Wildman–Crippen LogP) is 3.44. The van der Waals surface area contributed by atoms with Crippen molar-refractivity contribution in [3.05, 3.63) is 23.2 Å². The lowest BCUT2D eigenvalue weighted by molar-refractivity contribution is -0.118. The second-order valence-electron chi connectivity index (χ2n) is 6.57. The Morgan fingerprint density at radius 1 is 1.25 bits per heavy atom. The number of thiazole rings is 1. The fourth-order valence-corrected chi connectivity index (χ4v) is 3.38. The molecule has 130 valence electrons. The van der Waals surface area contributed by atoms with Gasteiger partial charge in [-0.15, -0.1) is 11.3 Å². The molecule has 0 bridgehead atoms. The molecule has 2 aromatic rings. The molecule has 0 fully saturated rings. The van der Waals surface area contributed by atoms with Gasteiger partial charge in [-0.3, -0.25) is 4.79 Å². The van der Waals surface area contributed by atoms with Crippen LogP contribution in [0.4, 0.5) is 10.5 Å². The number of nitrogens with zero attached hydrogens (tertiary/aromatic N) is 1. The van der Waals surface area contributed by atoms with Crippen molar-refractivity contribution in [2.75, 3.05) is 5.32 Å². The number of rotatable bonds is 6. The van der Waals surface area contributed by atoms with Gasteiger partial charge in [0.25, 0.3) is 0 Å². The molecule has 0 aliphatic rings. The second-order valence-corrected chi connectivity index (χ2v) is 7.63. The van der Waals surface area contributed by atoms with Crippen LogP contribution >= 0.6 is 11.3 Å². The molecule has 0 saturated carbocycles. The quantitative estimate of drug-likeness (QED) is 0.746. The van der Waals surface area contributed by atoms with Crippen molar-refractivity contribution in [2.24, 2.45) is 11.7 Å². The summed E-state index contributed by atoms with van der Waals surface area (Å²) < 4.78 is 1.03. The minimum atomic E-state index is -0.699. The zero-order valence-electron chi connectivity index (χ0n) is 14.4.